The summed E-state index contributed by atoms with van der Waals surface area (Å²) < 4.78 is 0. The van der Waals surface area contributed by atoms with Gasteiger partial charge in [-0.1, -0.05) is 48.5 Å². The van der Waals surface area contributed by atoms with Crippen LogP contribution in [0.2, 0.25) is 0 Å². The first-order chi connectivity index (χ1) is 10.4. The molecule has 0 saturated heterocycles. The zero-order valence-electron chi connectivity index (χ0n) is 13.1. The Kier molecular flexibility index (Phi) is 10.6. The Morgan fingerprint density at radius 1 is 0.833 bits per heavy atom. The first-order valence-corrected chi connectivity index (χ1v) is 7.23. The molecule has 0 unspecified atom stereocenters. The molecule has 0 aliphatic heterocycles. The molecule has 3 aromatic rings. The number of hydrogen-bond donors (Lipinski definition) is 2. The van der Waals surface area contributed by atoms with Gasteiger partial charge in [-0.15, -0.1) is 37.2 Å². The van der Waals surface area contributed by atoms with Gasteiger partial charge in [0.1, 0.15) is 0 Å². The van der Waals surface area contributed by atoms with E-state index in [2.05, 4.69) is 47.8 Å². The minimum Gasteiger partial charge on any atom is -0.329 e. The SMILES string of the molecule is Cl.Cl.Cl.NCCNCc1ccc(-c2ccc3ccccc3n2)cc1. The maximum Gasteiger partial charge on any atom is 0.0709 e. The normalized spacial score (nSPS) is 9.54. The average molecular weight is 387 g/mol. The van der Waals surface area contributed by atoms with Crippen LogP contribution in [0.4, 0.5) is 0 Å². The van der Waals surface area contributed by atoms with Gasteiger partial charge in [-0.2, -0.15) is 0 Å². The summed E-state index contributed by atoms with van der Waals surface area (Å²) in [4.78, 5) is 4.72. The first-order valence-electron chi connectivity index (χ1n) is 7.23. The van der Waals surface area contributed by atoms with Crippen molar-refractivity contribution in [2.75, 3.05) is 13.1 Å². The highest BCUT2D eigenvalue weighted by Crippen LogP contribution is 2.21. The molecule has 1 heterocycles. The number of pyridine rings is 1. The smallest absolute Gasteiger partial charge is 0.0709 e. The Balaban J connectivity index is 0.00000176. The monoisotopic (exact) mass is 385 g/mol. The zero-order chi connectivity index (χ0) is 14.5. The largest absolute Gasteiger partial charge is 0.329 e. The lowest BCUT2D eigenvalue weighted by Gasteiger charge is -2.06. The number of aromatic nitrogens is 1. The van der Waals surface area contributed by atoms with E-state index in [1.54, 1.807) is 0 Å². The molecule has 2 aromatic carbocycles. The average Bonchev–Trinajstić information content (AvgIpc) is 2.55. The van der Waals surface area contributed by atoms with Crippen molar-refractivity contribution in [1.82, 2.24) is 10.3 Å². The molecule has 0 radical (unpaired) electrons. The molecule has 0 bridgehead atoms. The van der Waals surface area contributed by atoms with Crippen molar-refractivity contribution in [2.45, 2.75) is 6.54 Å². The van der Waals surface area contributed by atoms with Crippen LogP contribution in [0.1, 0.15) is 5.56 Å². The Morgan fingerprint density at radius 2 is 1.54 bits per heavy atom. The molecule has 24 heavy (non-hydrogen) atoms. The van der Waals surface area contributed by atoms with Crippen LogP contribution in [0.3, 0.4) is 0 Å². The predicted molar refractivity (Wildman–Crippen MR) is 110 cm³/mol. The molecule has 3 rings (SSSR count). The van der Waals surface area contributed by atoms with E-state index >= 15 is 0 Å². The van der Waals surface area contributed by atoms with Crippen LogP contribution < -0.4 is 11.1 Å². The topological polar surface area (TPSA) is 50.9 Å². The summed E-state index contributed by atoms with van der Waals surface area (Å²) >= 11 is 0. The van der Waals surface area contributed by atoms with Crippen LogP contribution in [-0.2, 0) is 6.54 Å². The van der Waals surface area contributed by atoms with Gasteiger partial charge in [0.25, 0.3) is 0 Å². The molecule has 0 aliphatic carbocycles. The highest BCUT2D eigenvalue weighted by Gasteiger charge is 2.01. The second kappa shape index (κ2) is 11.2. The molecule has 130 valence electrons. The minimum absolute atomic E-state index is 0. The maximum atomic E-state index is 5.47. The zero-order valence-corrected chi connectivity index (χ0v) is 15.6. The third-order valence-corrected chi connectivity index (χ3v) is 3.50. The first kappa shape index (κ1) is 22.6. The molecule has 3 nitrogen and oxygen atoms in total. The van der Waals surface area contributed by atoms with Gasteiger partial charge in [0.15, 0.2) is 0 Å². The van der Waals surface area contributed by atoms with E-state index < -0.39 is 0 Å². The number of halogens is 3. The minimum atomic E-state index is 0. The molecular formula is C18H22Cl3N3. The van der Waals surface area contributed by atoms with E-state index in [1.807, 2.05) is 18.2 Å². The summed E-state index contributed by atoms with van der Waals surface area (Å²) in [5.74, 6) is 0. The predicted octanol–water partition coefficient (Wildman–Crippen LogP) is 4.22. The second-order valence-electron chi connectivity index (χ2n) is 5.05. The molecular weight excluding hydrogens is 365 g/mol. The van der Waals surface area contributed by atoms with Crippen LogP contribution in [-0.4, -0.2) is 18.1 Å². The van der Waals surface area contributed by atoms with Crippen LogP contribution in [0, 0.1) is 0 Å². The van der Waals surface area contributed by atoms with Crippen LogP contribution in [0.25, 0.3) is 22.2 Å². The molecule has 0 spiro atoms. The lowest BCUT2D eigenvalue weighted by molar-refractivity contribution is 0.695. The molecule has 0 fully saturated rings. The number of hydrogen-bond acceptors (Lipinski definition) is 3. The van der Waals surface area contributed by atoms with Crippen molar-refractivity contribution in [3.63, 3.8) is 0 Å². The van der Waals surface area contributed by atoms with Gasteiger partial charge in [0.05, 0.1) is 11.2 Å². The van der Waals surface area contributed by atoms with E-state index in [0.717, 1.165) is 29.9 Å². The van der Waals surface area contributed by atoms with E-state index in [9.17, 15) is 0 Å². The summed E-state index contributed by atoms with van der Waals surface area (Å²) in [6.45, 7) is 2.36. The van der Waals surface area contributed by atoms with Crippen molar-refractivity contribution in [1.29, 1.82) is 0 Å². The van der Waals surface area contributed by atoms with Gasteiger partial charge in [0.2, 0.25) is 0 Å². The Hall–Kier alpha value is -1.36. The van der Waals surface area contributed by atoms with Crippen molar-refractivity contribution >= 4 is 48.1 Å². The van der Waals surface area contributed by atoms with Crippen molar-refractivity contribution < 1.29 is 0 Å². The fraction of sp³-hybridized carbons (Fsp3) is 0.167. The highest BCUT2D eigenvalue weighted by molar-refractivity contribution is 5.86. The third kappa shape index (κ3) is 5.62. The summed E-state index contributed by atoms with van der Waals surface area (Å²) in [5.41, 5.74) is 9.91. The summed E-state index contributed by atoms with van der Waals surface area (Å²) in [7, 11) is 0. The number of nitrogens with zero attached hydrogens (tertiary/aromatic N) is 1. The van der Waals surface area contributed by atoms with Gasteiger partial charge >= 0.3 is 0 Å². The van der Waals surface area contributed by atoms with Crippen molar-refractivity contribution in [3.05, 3.63) is 66.2 Å². The van der Waals surface area contributed by atoms with Gasteiger partial charge in [-0.3, -0.25) is 0 Å². The summed E-state index contributed by atoms with van der Waals surface area (Å²) in [5, 5.41) is 4.46. The van der Waals surface area contributed by atoms with Gasteiger partial charge in [-0.25, -0.2) is 4.98 Å². The lowest BCUT2D eigenvalue weighted by Crippen LogP contribution is -2.21. The Labute approximate surface area is 161 Å². The maximum absolute atomic E-state index is 5.47. The van der Waals surface area contributed by atoms with E-state index in [4.69, 9.17) is 10.7 Å². The molecule has 0 amide bonds. The van der Waals surface area contributed by atoms with Crippen LogP contribution in [0.15, 0.2) is 60.7 Å². The fourth-order valence-corrected chi connectivity index (χ4v) is 2.35. The number of nitrogens with two attached hydrogens (primary N) is 1. The fourth-order valence-electron chi connectivity index (χ4n) is 2.35. The molecule has 0 saturated carbocycles. The second-order valence-corrected chi connectivity index (χ2v) is 5.05. The van der Waals surface area contributed by atoms with Gasteiger partial charge < -0.3 is 11.1 Å². The molecule has 0 atom stereocenters. The number of nitrogens with one attached hydrogen (secondary N) is 1. The molecule has 1 aromatic heterocycles. The Bertz CT molecular complexity index is 733. The van der Waals surface area contributed by atoms with Gasteiger partial charge in [0, 0.05) is 30.6 Å². The molecule has 6 heteroatoms. The van der Waals surface area contributed by atoms with Gasteiger partial charge in [-0.05, 0) is 17.7 Å². The molecule has 0 aliphatic rings. The van der Waals surface area contributed by atoms with Crippen LogP contribution >= 0.6 is 37.2 Å². The third-order valence-electron chi connectivity index (χ3n) is 3.50. The quantitative estimate of drug-likeness (QED) is 0.646. The lowest BCUT2D eigenvalue weighted by atomic mass is 10.1. The number of benzene rings is 2. The number of fused-ring (bicyclic) bond motifs is 1. The van der Waals surface area contributed by atoms with E-state index in [0.29, 0.717) is 6.54 Å². The molecule has 3 N–H and O–H groups in total. The summed E-state index contributed by atoms with van der Waals surface area (Å²) in [6.07, 6.45) is 0. The number of para-hydroxylation sites is 1. The van der Waals surface area contributed by atoms with Crippen LogP contribution in [0.5, 0.6) is 0 Å². The Morgan fingerprint density at radius 3 is 2.25 bits per heavy atom. The number of rotatable bonds is 5. The van der Waals surface area contributed by atoms with E-state index in [-0.39, 0.29) is 37.2 Å². The standard InChI is InChI=1S/C18H19N3.3ClH/c19-11-12-20-13-14-5-7-16(8-6-14)18-10-9-15-3-1-2-4-17(15)21-18;;;/h1-10,20H,11-13,19H2;3*1H. The summed E-state index contributed by atoms with van der Waals surface area (Å²) in [6, 6.07) is 20.9. The van der Waals surface area contributed by atoms with Crippen molar-refractivity contribution in [2.24, 2.45) is 5.73 Å². The highest BCUT2D eigenvalue weighted by atomic mass is 35.5. The van der Waals surface area contributed by atoms with Crippen molar-refractivity contribution in [3.8, 4) is 11.3 Å². The van der Waals surface area contributed by atoms with E-state index in [1.165, 1.54) is 10.9 Å².